The SMILES string of the molecule is C#CCn1c(-c2ccc(N(C)C)cc2)[n+](CC(=O)O[C@@H]2C[C@H](C)CCC2C(C)C)c2ccccc21. The van der Waals surface area contributed by atoms with Gasteiger partial charge in [-0.1, -0.05) is 45.2 Å². The van der Waals surface area contributed by atoms with Gasteiger partial charge in [0.25, 0.3) is 5.82 Å². The normalized spacial score (nSPS) is 20.1. The Hall–Kier alpha value is -3.26. The molecule has 3 aromatic rings. The van der Waals surface area contributed by atoms with Gasteiger partial charge in [-0.25, -0.2) is 13.9 Å². The fraction of sp³-hybridized carbons (Fsp3) is 0.467. The van der Waals surface area contributed by atoms with Crippen molar-refractivity contribution in [1.82, 2.24) is 4.57 Å². The molecule has 1 aliphatic carbocycles. The van der Waals surface area contributed by atoms with E-state index in [2.05, 4.69) is 71.1 Å². The molecule has 5 heteroatoms. The molecule has 1 saturated carbocycles. The number of esters is 1. The second-order valence-corrected chi connectivity index (χ2v) is 10.5. The first kappa shape index (κ1) is 24.9. The van der Waals surface area contributed by atoms with Gasteiger partial charge in [-0.15, -0.1) is 6.42 Å². The van der Waals surface area contributed by atoms with Crippen molar-refractivity contribution in [2.24, 2.45) is 17.8 Å². The predicted octanol–water partition coefficient (Wildman–Crippen LogP) is 5.30. The van der Waals surface area contributed by atoms with Crippen molar-refractivity contribution in [3.8, 4) is 23.7 Å². The molecule has 0 spiro atoms. The summed E-state index contributed by atoms with van der Waals surface area (Å²) in [7, 11) is 4.05. The Labute approximate surface area is 209 Å². The molecule has 0 bridgehead atoms. The van der Waals surface area contributed by atoms with Crippen LogP contribution in [0.4, 0.5) is 5.69 Å². The highest BCUT2D eigenvalue weighted by atomic mass is 16.5. The second-order valence-electron chi connectivity index (χ2n) is 10.5. The van der Waals surface area contributed by atoms with Crippen molar-refractivity contribution < 1.29 is 14.1 Å². The molecule has 1 unspecified atom stereocenters. The Bertz CT molecular complexity index is 1220. The number of anilines is 1. The fourth-order valence-corrected chi connectivity index (χ4v) is 5.51. The average molecular weight is 473 g/mol. The first-order valence-electron chi connectivity index (χ1n) is 12.7. The molecule has 1 heterocycles. The highest BCUT2D eigenvalue weighted by molar-refractivity contribution is 5.78. The summed E-state index contributed by atoms with van der Waals surface area (Å²) in [6.45, 7) is 7.30. The Morgan fingerprint density at radius 3 is 2.54 bits per heavy atom. The number of benzene rings is 2. The number of carbonyl (C=O) groups excluding carboxylic acids is 1. The Balaban J connectivity index is 1.73. The van der Waals surface area contributed by atoms with E-state index in [1.54, 1.807) is 0 Å². The number of carbonyl (C=O) groups is 1. The maximum atomic E-state index is 13.4. The molecule has 5 nitrogen and oxygen atoms in total. The van der Waals surface area contributed by atoms with Crippen molar-refractivity contribution in [3.63, 3.8) is 0 Å². The third-order valence-electron chi connectivity index (χ3n) is 7.40. The van der Waals surface area contributed by atoms with E-state index in [1.165, 1.54) is 6.42 Å². The minimum absolute atomic E-state index is 0.0197. The number of nitrogens with zero attached hydrogens (tertiary/aromatic N) is 3. The van der Waals surface area contributed by atoms with Gasteiger partial charge in [0.1, 0.15) is 6.10 Å². The Morgan fingerprint density at radius 1 is 1.17 bits per heavy atom. The van der Waals surface area contributed by atoms with Crippen molar-refractivity contribution in [2.75, 3.05) is 19.0 Å². The minimum Gasteiger partial charge on any atom is -0.459 e. The van der Waals surface area contributed by atoms with E-state index in [4.69, 9.17) is 11.2 Å². The highest BCUT2D eigenvalue weighted by Crippen LogP contribution is 2.35. The van der Waals surface area contributed by atoms with Crippen LogP contribution in [0.3, 0.4) is 0 Å². The molecule has 1 fully saturated rings. The number of ether oxygens (including phenoxy) is 1. The van der Waals surface area contributed by atoms with Crippen molar-refractivity contribution in [2.45, 2.75) is 59.2 Å². The lowest BCUT2D eigenvalue weighted by atomic mass is 9.75. The summed E-state index contributed by atoms with van der Waals surface area (Å²) in [5.74, 6) is 5.03. The molecule has 0 radical (unpaired) electrons. The number of imidazole rings is 1. The van der Waals surface area contributed by atoms with Crippen molar-refractivity contribution in [3.05, 3.63) is 48.5 Å². The van der Waals surface area contributed by atoms with Crippen molar-refractivity contribution >= 4 is 22.7 Å². The minimum atomic E-state index is -0.186. The smallest absolute Gasteiger partial charge is 0.348 e. The number of aromatic nitrogens is 2. The summed E-state index contributed by atoms with van der Waals surface area (Å²) in [6.07, 6.45) is 9.02. The van der Waals surface area contributed by atoms with Gasteiger partial charge in [0.2, 0.25) is 0 Å². The summed E-state index contributed by atoms with van der Waals surface area (Å²) in [4.78, 5) is 15.5. The van der Waals surface area contributed by atoms with Crippen LogP contribution in [-0.2, 0) is 22.6 Å². The predicted molar refractivity (Wildman–Crippen MR) is 142 cm³/mol. The molecule has 4 rings (SSSR count). The van der Waals surface area contributed by atoms with Crippen LogP contribution in [-0.4, -0.2) is 30.7 Å². The topological polar surface area (TPSA) is 38.4 Å². The van der Waals surface area contributed by atoms with E-state index in [0.29, 0.717) is 24.3 Å². The van der Waals surface area contributed by atoms with E-state index in [0.717, 1.165) is 41.0 Å². The molecule has 1 aliphatic rings. The van der Waals surface area contributed by atoms with Crippen molar-refractivity contribution in [1.29, 1.82) is 0 Å². The van der Waals surface area contributed by atoms with Crippen LogP contribution in [0.5, 0.6) is 0 Å². The number of terminal acetylenes is 1. The standard InChI is InChI=1S/C30H38N3O2/c1-7-18-32-26-10-8-9-11-27(26)33(30(32)23-13-15-24(16-14-23)31(5)6)20-29(34)35-28-19-22(4)12-17-25(28)21(2)3/h1,8-11,13-16,21-22,25,28H,12,17-20H2,2-6H3/q+1/t22-,25?,28-/m1/s1. The number of rotatable bonds is 7. The number of fused-ring (bicyclic) bond motifs is 1. The van der Waals surface area contributed by atoms with Gasteiger partial charge < -0.3 is 9.64 Å². The van der Waals surface area contributed by atoms with E-state index in [9.17, 15) is 4.79 Å². The lowest BCUT2D eigenvalue weighted by Gasteiger charge is -2.36. The van der Waals surface area contributed by atoms with E-state index in [-0.39, 0.29) is 18.6 Å². The Kier molecular flexibility index (Phi) is 7.50. The second kappa shape index (κ2) is 10.6. The number of hydrogen-bond acceptors (Lipinski definition) is 3. The number of hydrogen-bond donors (Lipinski definition) is 0. The van der Waals surface area contributed by atoms with E-state index >= 15 is 0 Å². The van der Waals surface area contributed by atoms with Crippen LogP contribution in [0.1, 0.15) is 40.0 Å². The molecule has 0 aliphatic heterocycles. The molecule has 184 valence electrons. The van der Waals surface area contributed by atoms with Gasteiger partial charge in [-0.2, -0.15) is 0 Å². The highest BCUT2D eigenvalue weighted by Gasteiger charge is 2.35. The molecule has 0 amide bonds. The zero-order valence-corrected chi connectivity index (χ0v) is 21.7. The zero-order valence-electron chi connectivity index (χ0n) is 21.7. The van der Waals surface area contributed by atoms with Crippen LogP contribution in [0.15, 0.2) is 48.5 Å². The first-order valence-corrected chi connectivity index (χ1v) is 12.7. The summed E-state index contributed by atoms with van der Waals surface area (Å²) >= 11 is 0. The summed E-state index contributed by atoms with van der Waals surface area (Å²) in [6, 6.07) is 16.5. The molecule has 35 heavy (non-hydrogen) atoms. The quantitative estimate of drug-likeness (QED) is 0.266. The molecule has 2 aromatic carbocycles. The maximum absolute atomic E-state index is 13.4. The van der Waals surface area contributed by atoms with Crippen LogP contribution >= 0.6 is 0 Å². The van der Waals surface area contributed by atoms with Crippen LogP contribution < -0.4 is 9.47 Å². The monoisotopic (exact) mass is 472 g/mol. The number of para-hydroxylation sites is 2. The van der Waals surface area contributed by atoms with Gasteiger partial charge in [0.05, 0.1) is 5.56 Å². The largest absolute Gasteiger partial charge is 0.459 e. The Morgan fingerprint density at radius 2 is 1.89 bits per heavy atom. The molecular formula is C30H38N3O2+. The van der Waals surface area contributed by atoms with Gasteiger partial charge in [0.15, 0.2) is 24.1 Å². The van der Waals surface area contributed by atoms with Gasteiger partial charge in [0, 0.05) is 19.8 Å². The van der Waals surface area contributed by atoms with E-state index < -0.39 is 0 Å². The molecule has 3 atom stereocenters. The molecule has 0 N–H and O–H groups in total. The molecule has 1 aromatic heterocycles. The molecular weight excluding hydrogens is 434 g/mol. The first-order chi connectivity index (χ1) is 16.8. The van der Waals surface area contributed by atoms with E-state index in [1.807, 2.05) is 32.3 Å². The van der Waals surface area contributed by atoms with Gasteiger partial charge in [-0.05, 0) is 67.0 Å². The third-order valence-corrected chi connectivity index (χ3v) is 7.40. The molecule has 0 saturated heterocycles. The zero-order chi connectivity index (χ0) is 25.1. The fourth-order valence-electron chi connectivity index (χ4n) is 5.51. The summed E-state index contributed by atoms with van der Waals surface area (Å²) in [5.41, 5.74) is 4.12. The third kappa shape index (κ3) is 5.22. The lowest BCUT2D eigenvalue weighted by molar-refractivity contribution is -0.649. The van der Waals surface area contributed by atoms with Crippen LogP contribution in [0.2, 0.25) is 0 Å². The lowest BCUT2D eigenvalue weighted by Crippen LogP contribution is -2.43. The van der Waals surface area contributed by atoms with Crippen LogP contribution in [0, 0.1) is 30.1 Å². The van der Waals surface area contributed by atoms with Gasteiger partial charge >= 0.3 is 5.97 Å². The average Bonchev–Trinajstić information content (AvgIpc) is 3.12. The van der Waals surface area contributed by atoms with Gasteiger partial charge in [-0.3, -0.25) is 0 Å². The summed E-state index contributed by atoms with van der Waals surface area (Å²) in [5, 5.41) is 0. The maximum Gasteiger partial charge on any atom is 0.348 e. The van der Waals surface area contributed by atoms with Crippen LogP contribution in [0.25, 0.3) is 22.4 Å². The summed E-state index contributed by atoms with van der Waals surface area (Å²) < 4.78 is 10.4.